The first-order valence-corrected chi connectivity index (χ1v) is 11.4. The summed E-state index contributed by atoms with van der Waals surface area (Å²) in [5.41, 5.74) is 2.38. The van der Waals surface area contributed by atoms with Crippen molar-refractivity contribution in [3.63, 3.8) is 0 Å². The van der Waals surface area contributed by atoms with Crippen LogP contribution in [0.5, 0.6) is 0 Å². The van der Waals surface area contributed by atoms with E-state index in [1.54, 1.807) is 24.0 Å². The Morgan fingerprint density at radius 2 is 2.07 bits per heavy atom. The number of rotatable bonds is 7. The summed E-state index contributed by atoms with van der Waals surface area (Å²) >= 11 is 8.30. The quantitative estimate of drug-likeness (QED) is 0.290. The Bertz CT molecular complexity index is 933. The maximum absolute atomic E-state index is 13.0. The highest BCUT2D eigenvalue weighted by Gasteiger charge is 2.26. The number of para-hydroxylation sites is 1. The standard InChI is InChI=1S/C23H24ClIN2O3/c1-2-30-23(29)20(26-21-15-17(24)11-12-19(21)25)13-10-16-7-6-14-27(22(16)28)18-8-4-3-5-9-18/h3-5,8-12,15,20,26H,2,6-7,13-14H2,1H3/b16-10+. The largest absolute Gasteiger partial charge is 0.464 e. The second-order valence-electron chi connectivity index (χ2n) is 6.93. The van der Waals surface area contributed by atoms with E-state index in [2.05, 4.69) is 27.9 Å². The molecule has 0 bridgehead atoms. The van der Waals surface area contributed by atoms with Crippen LogP contribution in [0.2, 0.25) is 5.02 Å². The van der Waals surface area contributed by atoms with Gasteiger partial charge in [-0.05, 0) is 79.1 Å². The van der Waals surface area contributed by atoms with Crippen molar-refractivity contribution in [1.82, 2.24) is 0 Å². The number of halogens is 2. The van der Waals surface area contributed by atoms with Crippen LogP contribution in [0.3, 0.4) is 0 Å². The second-order valence-corrected chi connectivity index (χ2v) is 8.53. The van der Waals surface area contributed by atoms with E-state index in [-0.39, 0.29) is 11.9 Å². The van der Waals surface area contributed by atoms with Crippen LogP contribution in [0.1, 0.15) is 26.2 Å². The lowest BCUT2D eigenvalue weighted by molar-refractivity contribution is -0.144. The van der Waals surface area contributed by atoms with E-state index in [0.29, 0.717) is 31.0 Å². The van der Waals surface area contributed by atoms with Crippen LogP contribution in [0.15, 0.2) is 60.2 Å². The maximum atomic E-state index is 13.0. The van der Waals surface area contributed by atoms with E-state index in [0.717, 1.165) is 26.9 Å². The third kappa shape index (κ3) is 5.76. The van der Waals surface area contributed by atoms with Crippen molar-refractivity contribution >= 4 is 57.4 Å². The van der Waals surface area contributed by atoms with Gasteiger partial charge in [0.05, 0.1) is 6.61 Å². The predicted molar refractivity (Wildman–Crippen MR) is 129 cm³/mol. The van der Waals surface area contributed by atoms with E-state index in [9.17, 15) is 9.59 Å². The van der Waals surface area contributed by atoms with Crippen LogP contribution in [-0.4, -0.2) is 31.1 Å². The molecule has 1 aliphatic heterocycles. The van der Waals surface area contributed by atoms with Gasteiger partial charge in [-0.3, -0.25) is 4.79 Å². The zero-order chi connectivity index (χ0) is 21.5. The molecule has 0 aliphatic carbocycles. The number of ether oxygens (including phenoxy) is 1. The molecule has 1 atom stereocenters. The summed E-state index contributed by atoms with van der Waals surface area (Å²) in [4.78, 5) is 27.3. The van der Waals surface area contributed by atoms with Gasteiger partial charge in [0.15, 0.2) is 0 Å². The number of hydrogen-bond acceptors (Lipinski definition) is 4. The number of nitrogens with one attached hydrogen (secondary N) is 1. The van der Waals surface area contributed by atoms with Crippen molar-refractivity contribution in [3.8, 4) is 0 Å². The predicted octanol–water partition coefficient (Wildman–Crippen LogP) is 5.43. The van der Waals surface area contributed by atoms with E-state index >= 15 is 0 Å². The Balaban J connectivity index is 1.78. The van der Waals surface area contributed by atoms with Gasteiger partial charge < -0.3 is 15.0 Å². The van der Waals surface area contributed by atoms with Crippen LogP contribution in [0.25, 0.3) is 0 Å². The van der Waals surface area contributed by atoms with Crippen molar-refractivity contribution in [3.05, 3.63) is 68.8 Å². The monoisotopic (exact) mass is 538 g/mol. The van der Waals surface area contributed by atoms with Gasteiger partial charge in [-0.25, -0.2) is 4.79 Å². The van der Waals surface area contributed by atoms with Crippen molar-refractivity contribution in [1.29, 1.82) is 0 Å². The molecule has 0 radical (unpaired) electrons. The lowest BCUT2D eigenvalue weighted by atomic mass is 10.00. The molecule has 2 aromatic carbocycles. The van der Waals surface area contributed by atoms with Crippen molar-refractivity contribution in [2.75, 3.05) is 23.4 Å². The summed E-state index contributed by atoms with van der Waals surface area (Å²) in [6.07, 6.45) is 3.80. The van der Waals surface area contributed by atoms with Gasteiger partial charge in [0.25, 0.3) is 5.91 Å². The lowest BCUT2D eigenvalue weighted by Crippen LogP contribution is -2.37. The molecule has 1 saturated heterocycles. The lowest BCUT2D eigenvalue weighted by Gasteiger charge is -2.29. The van der Waals surface area contributed by atoms with Gasteiger partial charge in [0, 0.05) is 32.1 Å². The minimum atomic E-state index is -0.607. The first-order valence-electron chi connectivity index (χ1n) is 9.93. The molecule has 1 unspecified atom stereocenters. The average Bonchev–Trinajstić information content (AvgIpc) is 2.75. The molecule has 0 aromatic heterocycles. The molecular formula is C23H24ClIN2O3. The first kappa shape index (κ1) is 22.6. The molecule has 0 spiro atoms. The number of anilines is 2. The number of esters is 1. The Labute approximate surface area is 195 Å². The van der Waals surface area contributed by atoms with Crippen LogP contribution in [0, 0.1) is 3.57 Å². The summed E-state index contributed by atoms with van der Waals surface area (Å²) in [5, 5.41) is 3.82. The molecule has 1 amide bonds. The molecule has 1 aliphatic rings. The molecule has 0 saturated carbocycles. The number of piperidine rings is 1. The summed E-state index contributed by atoms with van der Waals surface area (Å²) in [6.45, 7) is 2.76. The molecule has 30 heavy (non-hydrogen) atoms. The minimum absolute atomic E-state index is 0.00704. The third-order valence-corrected chi connectivity index (χ3v) is 6.02. The normalized spacial score (nSPS) is 16.4. The first-order chi connectivity index (χ1) is 14.5. The number of benzene rings is 2. The molecule has 1 fully saturated rings. The average molecular weight is 539 g/mol. The highest BCUT2D eigenvalue weighted by atomic mass is 127. The van der Waals surface area contributed by atoms with Crippen molar-refractivity contribution in [2.45, 2.75) is 32.2 Å². The minimum Gasteiger partial charge on any atom is -0.464 e. The van der Waals surface area contributed by atoms with Crippen LogP contribution in [-0.2, 0) is 14.3 Å². The summed E-state index contributed by atoms with van der Waals surface area (Å²) < 4.78 is 6.19. The fourth-order valence-corrected chi connectivity index (χ4v) is 4.03. The Hall–Kier alpha value is -2.06. The number of amides is 1. The smallest absolute Gasteiger partial charge is 0.328 e. The van der Waals surface area contributed by atoms with Crippen LogP contribution in [0.4, 0.5) is 11.4 Å². The maximum Gasteiger partial charge on any atom is 0.328 e. The molecule has 1 heterocycles. The van der Waals surface area contributed by atoms with E-state index in [1.807, 2.05) is 42.5 Å². The third-order valence-electron chi connectivity index (χ3n) is 4.84. The highest BCUT2D eigenvalue weighted by molar-refractivity contribution is 14.1. The molecule has 2 aromatic rings. The zero-order valence-electron chi connectivity index (χ0n) is 16.7. The number of nitrogens with zero attached hydrogens (tertiary/aromatic N) is 1. The van der Waals surface area contributed by atoms with Gasteiger partial charge >= 0.3 is 5.97 Å². The second kappa shape index (κ2) is 10.8. The van der Waals surface area contributed by atoms with Gasteiger partial charge in [0.1, 0.15) is 6.04 Å². The molecule has 3 rings (SSSR count). The fraction of sp³-hybridized carbons (Fsp3) is 0.304. The number of carbonyl (C=O) groups excluding carboxylic acids is 2. The van der Waals surface area contributed by atoms with Gasteiger partial charge in [-0.15, -0.1) is 0 Å². The number of hydrogen-bond donors (Lipinski definition) is 1. The van der Waals surface area contributed by atoms with Crippen molar-refractivity contribution < 1.29 is 14.3 Å². The van der Waals surface area contributed by atoms with Crippen LogP contribution < -0.4 is 10.2 Å². The van der Waals surface area contributed by atoms with E-state index < -0.39 is 6.04 Å². The van der Waals surface area contributed by atoms with E-state index in [1.165, 1.54) is 0 Å². The van der Waals surface area contributed by atoms with E-state index in [4.69, 9.17) is 16.3 Å². The fourth-order valence-electron chi connectivity index (χ4n) is 3.37. The zero-order valence-corrected chi connectivity index (χ0v) is 19.7. The van der Waals surface area contributed by atoms with Gasteiger partial charge in [0.2, 0.25) is 0 Å². The molecule has 1 N–H and O–H groups in total. The van der Waals surface area contributed by atoms with Gasteiger partial charge in [-0.1, -0.05) is 35.9 Å². The van der Waals surface area contributed by atoms with Crippen LogP contribution >= 0.6 is 34.2 Å². The SMILES string of the molecule is CCOC(=O)C(C/C=C1\CCCN(c2ccccc2)C1=O)Nc1cc(Cl)ccc1I. The Morgan fingerprint density at radius 3 is 2.80 bits per heavy atom. The molecular weight excluding hydrogens is 515 g/mol. The van der Waals surface area contributed by atoms with Gasteiger partial charge in [-0.2, -0.15) is 0 Å². The summed E-state index contributed by atoms with van der Waals surface area (Å²) in [7, 11) is 0. The molecule has 7 heteroatoms. The summed E-state index contributed by atoms with van der Waals surface area (Å²) in [6, 6.07) is 14.5. The Morgan fingerprint density at radius 1 is 1.30 bits per heavy atom. The Kier molecular flexibility index (Phi) is 8.16. The highest BCUT2D eigenvalue weighted by Crippen LogP contribution is 2.26. The molecule has 158 valence electrons. The summed E-state index contributed by atoms with van der Waals surface area (Å²) in [5.74, 6) is -0.360. The molecule has 5 nitrogen and oxygen atoms in total. The number of carbonyl (C=O) groups is 2. The topological polar surface area (TPSA) is 58.6 Å². The van der Waals surface area contributed by atoms with Crippen molar-refractivity contribution in [2.24, 2.45) is 0 Å².